The van der Waals surface area contributed by atoms with E-state index in [9.17, 15) is 9.59 Å². The Kier molecular flexibility index (Phi) is 5.33. The summed E-state index contributed by atoms with van der Waals surface area (Å²) in [5, 5.41) is 2.90. The van der Waals surface area contributed by atoms with Crippen LogP contribution < -0.4 is 10.1 Å². The van der Waals surface area contributed by atoms with Gasteiger partial charge < -0.3 is 14.8 Å². The van der Waals surface area contributed by atoms with E-state index in [1.54, 1.807) is 25.3 Å². The number of esters is 1. The summed E-state index contributed by atoms with van der Waals surface area (Å²) in [7, 11) is 1.57. The van der Waals surface area contributed by atoms with Crippen LogP contribution in [0.25, 0.3) is 0 Å². The van der Waals surface area contributed by atoms with Gasteiger partial charge >= 0.3 is 5.97 Å². The van der Waals surface area contributed by atoms with E-state index in [-0.39, 0.29) is 18.4 Å². The minimum absolute atomic E-state index is 0.0806. The molecule has 1 amide bonds. The Bertz CT molecular complexity index is 740. The van der Waals surface area contributed by atoms with Crippen molar-refractivity contribution in [1.29, 1.82) is 0 Å². The molecule has 1 N–H and O–H groups in total. The van der Waals surface area contributed by atoms with Crippen LogP contribution in [0.15, 0.2) is 54.6 Å². The van der Waals surface area contributed by atoms with Gasteiger partial charge in [0.2, 0.25) is 6.10 Å². The molecule has 3 rings (SSSR count). The van der Waals surface area contributed by atoms with Crippen molar-refractivity contribution in [2.45, 2.75) is 31.4 Å². The van der Waals surface area contributed by atoms with Crippen LogP contribution in [0, 0.1) is 0 Å². The molecule has 1 saturated carbocycles. The van der Waals surface area contributed by atoms with Crippen molar-refractivity contribution in [2.75, 3.05) is 7.11 Å². The second-order valence-electron chi connectivity index (χ2n) is 6.09. The number of benzene rings is 2. The summed E-state index contributed by atoms with van der Waals surface area (Å²) in [4.78, 5) is 24.8. The summed E-state index contributed by atoms with van der Waals surface area (Å²) in [5.74, 6) is -0.0443. The topological polar surface area (TPSA) is 64.6 Å². The lowest BCUT2D eigenvalue weighted by atomic mass is 10.1. The van der Waals surface area contributed by atoms with Crippen molar-refractivity contribution in [1.82, 2.24) is 5.32 Å². The summed E-state index contributed by atoms with van der Waals surface area (Å²) in [6, 6.07) is 16.5. The molecule has 0 unspecified atom stereocenters. The summed E-state index contributed by atoms with van der Waals surface area (Å²) in [5.41, 5.74) is 1.44. The highest BCUT2D eigenvalue weighted by molar-refractivity contribution is 5.85. The highest BCUT2D eigenvalue weighted by Gasteiger charge is 2.30. The second-order valence-corrected chi connectivity index (χ2v) is 6.09. The predicted molar refractivity (Wildman–Crippen MR) is 93.1 cm³/mol. The van der Waals surface area contributed by atoms with E-state index < -0.39 is 12.1 Å². The van der Waals surface area contributed by atoms with Crippen molar-refractivity contribution in [3.63, 3.8) is 0 Å². The Hall–Kier alpha value is -2.82. The number of ether oxygens (including phenoxy) is 2. The predicted octanol–water partition coefficient (Wildman–Crippen LogP) is 2.80. The van der Waals surface area contributed by atoms with Crippen molar-refractivity contribution < 1.29 is 19.1 Å². The molecule has 0 aliphatic heterocycles. The lowest BCUT2D eigenvalue weighted by Crippen LogP contribution is -2.33. The molecule has 5 heteroatoms. The van der Waals surface area contributed by atoms with Gasteiger partial charge in [-0.2, -0.15) is 0 Å². The molecule has 5 nitrogen and oxygen atoms in total. The quantitative estimate of drug-likeness (QED) is 0.788. The Labute approximate surface area is 147 Å². The van der Waals surface area contributed by atoms with Gasteiger partial charge in [0.15, 0.2) is 0 Å². The average Bonchev–Trinajstić information content (AvgIpc) is 3.44. The number of hydrogen-bond donors (Lipinski definition) is 1. The number of carbonyl (C=O) groups is 2. The van der Waals surface area contributed by atoms with Crippen LogP contribution in [-0.2, 0) is 20.7 Å². The monoisotopic (exact) mass is 339 g/mol. The first-order valence-corrected chi connectivity index (χ1v) is 8.33. The van der Waals surface area contributed by atoms with Gasteiger partial charge in [0.25, 0.3) is 5.91 Å². The standard InChI is InChI=1S/C20H21NO4/c1-24-17-9-5-6-14(12-17)13-18(22)25-19(15-7-3-2-4-8-15)20(23)21-16-10-11-16/h2-9,12,16,19H,10-11,13H2,1H3,(H,21,23)/t19-/m0/s1. The van der Waals surface area contributed by atoms with Crippen molar-refractivity contribution in [3.8, 4) is 5.75 Å². The van der Waals surface area contributed by atoms with E-state index in [0.717, 1.165) is 18.4 Å². The van der Waals surface area contributed by atoms with E-state index in [0.29, 0.717) is 11.3 Å². The van der Waals surface area contributed by atoms with Crippen LogP contribution in [0.5, 0.6) is 5.75 Å². The van der Waals surface area contributed by atoms with Gasteiger partial charge in [0.1, 0.15) is 5.75 Å². The van der Waals surface area contributed by atoms with Crippen LogP contribution in [-0.4, -0.2) is 25.0 Å². The molecule has 25 heavy (non-hydrogen) atoms. The summed E-state index contributed by atoms with van der Waals surface area (Å²) >= 11 is 0. The van der Waals surface area contributed by atoms with Gasteiger partial charge in [-0.3, -0.25) is 9.59 Å². The second kappa shape index (κ2) is 7.83. The highest BCUT2D eigenvalue weighted by atomic mass is 16.5. The minimum atomic E-state index is -0.931. The fourth-order valence-corrected chi connectivity index (χ4v) is 2.53. The maximum atomic E-state index is 12.5. The first kappa shape index (κ1) is 17.0. The third-order valence-corrected chi connectivity index (χ3v) is 4.00. The molecule has 1 aliphatic carbocycles. The van der Waals surface area contributed by atoms with E-state index >= 15 is 0 Å². The molecule has 0 spiro atoms. The van der Waals surface area contributed by atoms with E-state index in [2.05, 4.69) is 5.32 Å². The molecule has 0 heterocycles. The molecule has 0 aromatic heterocycles. The first-order valence-electron chi connectivity index (χ1n) is 8.33. The molecular formula is C20H21NO4. The number of amides is 1. The van der Waals surface area contributed by atoms with E-state index in [4.69, 9.17) is 9.47 Å². The SMILES string of the molecule is COc1cccc(CC(=O)O[C@H](C(=O)NC2CC2)c2ccccc2)c1. The third-order valence-electron chi connectivity index (χ3n) is 4.00. The molecule has 0 saturated heterocycles. The maximum absolute atomic E-state index is 12.5. The first-order chi connectivity index (χ1) is 12.2. The Balaban J connectivity index is 1.70. The molecule has 1 atom stereocenters. The summed E-state index contributed by atoms with van der Waals surface area (Å²) < 4.78 is 10.7. The molecule has 0 bridgehead atoms. The largest absolute Gasteiger partial charge is 0.497 e. The molecule has 2 aromatic rings. The summed E-state index contributed by atoms with van der Waals surface area (Å²) in [6.07, 6.45) is 1.10. The zero-order valence-electron chi connectivity index (χ0n) is 14.1. The van der Waals surface area contributed by atoms with E-state index in [1.807, 2.05) is 36.4 Å². The number of nitrogens with one attached hydrogen (secondary N) is 1. The fraction of sp³-hybridized carbons (Fsp3) is 0.300. The third kappa shape index (κ3) is 4.83. The van der Waals surface area contributed by atoms with Crippen molar-refractivity contribution in [2.24, 2.45) is 0 Å². The Morgan fingerprint density at radius 3 is 2.56 bits per heavy atom. The van der Waals surface area contributed by atoms with Crippen molar-refractivity contribution >= 4 is 11.9 Å². The lowest BCUT2D eigenvalue weighted by Gasteiger charge is -2.18. The molecule has 2 aromatic carbocycles. The van der Waals surface area contributed by atoms with Gasteiger partial charge in [0, 0.05) is 11.6 Å². The average molecular weight is 339 g/mol. The summed E-state index contributed by atoms with van der Waals surface area (Å²) in [6.45, 7) is 0. The zero-order valence-corrected chi connectivity index (χ0v) is 14.1. The van der Waals surface area contributed by atoms with Crippen LogP contribution in [0.2, 0.25) is 0 Å². The molecule has 1 fully saturated rings. The van der Waals surface area contributed by atoms with Gasteiger partial charge in [-0.15, -0.1) is 0 Å². The van der Waals surface area contributed by atoms with Gasteiger partial charge in [-0.25, -0.2) is 0 Å². The normalized spacial score (nSPS) is 14.4. The number of hydrogen-bond acceptors (Lipinski definition) is 4. The highest BCUT2D eigenvalue weighted by Crippen LogP contribution is 2.24. The number of carbonyl (C=O) groups excluding carboxylic acids is 2. The molecule has 0 radical (unpaired) electrons. The van der Waals surface area contributed by atoms with Gasteiger partial charge in [-0.1, -0.05) is 42.5 Å². The van der Waals surface area contributed by atoms with Crippen LogP contribution >= 0.6 is 0 Å². The number of methoxy groups -OCH3 is 1. The van der Waals surface area contributed by atoms with Crippen LogP contribution in [0.4, 0.5) is 0 Å². The minimum Gasteiger partial charge on any atom is -0.497 e. The van der Waals surface area contributed by atoms with Crippen LogP contribution in [0.3, 0.4) is 0 Å². The molecule has 1 aliphatic rings. The van der Waals surface area contributed by atoms with Crippen molar-refractivity contribution in [3.05, 3.63) is 65.7 Å². The number of rotatable bonds is 7. The van der Waals surface area contributed by atoms with Crippen LogP contribution in [0.1, 0.15) is 30.1 Å². The van der Waals surface area contributed by atoms with E-state index in [1.165, 1.54) is 0 Å². The van der Waals surface area contributed by atoms with Gasteiger partial charge in [-0.05, 0) is 30.5 Å². The fourth-order valence-electron chi connectivity index (χ4n) is 2.53. The van der Waals surface area contributed by atoms with Gasteiger partial charge in [0.05, 0.1) is 13.5 Å². The molecular weight excluding hydrogens is 318 g/mol. The Morgan fingerprint density at radius 1 is 1.12 bits per heavy atom. The maximum Gasteiger partial charge on any atom is 0.311 e. The zero-order chi connectivity index (χ0) is 17.6. The smallest absolute Gasteiger partial charge is 0.311 e. The lowest BCUT2D eigenvalue weighted by molar-refractivity contribution is -0.156. The Morgan fingerprint density at radius 2 is 1.88 bits per heavy atom. The molecule has 130 valence electrons.